The van der Waals surface area contributed by atoms with Crippen molar-refractivity contribution in [1.82, 2.24) is 10.6 Å². The summed E-state index contributed by atoms with van der Waals surface area (Å²) < 4.78 is 0. The molecule has 1 amide bonds. The van der Waals surface area contributed by atoms with E-state index in [1.165, 1.54) is 0 Å². The highest BCUT2D eigenvalue weighted by Crippen LogP contribution is 2.23. The van der Waals surface area contributed by atoms with Gasteiger partial charge in [-0.2, -0.15) is 11.8 Å². The van der Waals surface area contributed by atoms with Gasteiger partial charge in [-0.1, -0.05) is 6.92 Å². The number of thioether (sulfide) groups is 1. The zero-order valence-electron chi connectivity index (χ0n) is 9.01. The van der Waals surface area contributed by atoms with E-state index in [1.807, 2.05) is 18.8 Å². The molecule has 1 rings (SSSR count). The van der Waals surface area contributed by atoms with Crippen molar-refractivity contribution in [3.8, 4) is 0 Å². The van der Waals surface area contributed by atoms with Crippen LogP contribution in [0.4, 0.5) is 0 Å². The fourth-order valence-electron chi connectivity index (χ4n) is 1.58. The van der Waals surface area contributed by atoms with E-state index in [-0.39, 0.29) is 11.8 Å². The molecule has 0 saturated carbocycles. The first-order chi connectivity index (χ1) is 6.74. The minimum absolute atomic E-state index is 0.248. The molecule has 0 radical (unpaired) electrons. The van der Waals surface area contributed by atoms with E-state index in [9.17, 15) is 4.79 Å². The van der Waals surface area contributed by atoms with Gasteiger partial charge in [0.05, 0.1) is 0 Å². The Hall–Kier alpha value is -0.220. The molecule has 1 saturated heterocycles. The fraction of sp³-hybridized carbons (Fsp3) is 0.900. The van der Waals surface area contributed by atoms with Gasteiger partial charge in [0.15, 0.2) is 0 Å². The summed E-state index contributed by atoms with van der Waals surface area (Å²) in [6.07, 6.45) is 1.05. The van der Waals surface area contributed by atoms with Gasteiger partial charge in [0.1, 0.15) is 0 Å². The number of carbonyl (C=O) groups is 1. The normalized spacial score (nSPS) is 23.4. The predicted octanol–water partition coefficient (Wildman–Crippen LogP) is 0.711. The molecule has 0 bridgehead atoms. The molecule has 14 heavy (non-hydrogen) atoms. The van der Waals surface area contributed by atoms with Gasteiger partial charge in [0.25, 0.3) is 0 Å². The zero-order valence-corrected chi connectivity index (χ0v) is 9.82. The summed E-state index contributed by atoms with van der Waals surface area (Å²) in [4.78, 5) is 11.6. The van der Waals surface area contributed by atoms with Gasteiger partial charge in [-0.25, -0.2) is 0 Å². The van der Waals surface area contributed by atoms with Crippen molar-refractivity contribution in [2.45, 2.75) is 13.3 Å². The van der Waals surface area contributed by atoms with E-state index >= 15 is 0 Å². The summed E-state index contributed by atoms with van der Waals surface area (Å²) in [6.45, 7) is 3.89. The average Bonchev–Trinajstić information content (AvgIpc) is 2.67. The molecule has 1 fully saturated rings. The zero-order chi connectivity index (χ0) is 10.4. The highest BCUT2D eigenvalue weighted by atomic mass is 32.2. The van der Waals surface area contributed by atoms with Crippen molar-refractivity contribution < 1.29 is 4.79 Å². The van der Waals surface area contributed by atoms with Crippen LogP contribution in [0, 0.1) is 11.8 Å². The van der Waals surface area contributed by atoms with Crippen LogP contribution < -0.4 is 10.6 Å². The van der Waals surface area contributed by atoms with Crippen LogP contribution in [0.2, 0.25) is 0 Å². The summed E-state index contributed by atoms with van der Waals surface area (Å²) in [6, 6.07) is 0. The molecule has 2 atom stereocenters. The summed E-state index contributed by atoms with van der Waals surface area (Å²) in [5, 5.41) is 6.12. The summed E-state index contributed by atoms with van der Waals surface area (Å²) in [5.74, 6) is 3.17. The van der Waals surface area contributed by atoms with Crippen LogP contribution in [0.3, 0.4) is 0 Å². The molecule has 4 heteroatoms. The first-order valence-electron chi connectivity index (χ1n) is 5.24. The SMILES string of the molecule is CNCC(C)CNC(=O)C1CCSC1. The standard InChI is InChI=1S/C10H20N2OS/c1-8(5-11-2)6-12-10(13)9-3-4-14-7-9/h8-9,11H,3-7H2,1-2H3,(H,12,13). The van der Waals surface area contributed by atoms with Crippen molar-refractivity contribution in [1.29, 1.82) is 0 Å². The lowest BCUT2D eigenvalue weighted by Crippen LogP contribution is -2.36. The Bertz CT molecular complexity index is 181. The second-order valence-electron chi connectivity index (χ2n) is 3.97. The second-order valence-corrected chi connectivity index (χ2v) is 5.12. The van der Waals surface area contributed by atoms with Crippen LogP contribution in [0.25, 0.3) is 0 Å². The van der Waals surface area contributed by atoms with Crippen molar-refractivity contribution in [3.05, 3.63) is 0 Å². The van der Waals surface area contributed by atoms with E-state index in [2.05, 4.69) is 17.6 Å². The minimum Gasteiger partial charge on any atom is -0.356 e. The molecule has 0 aromatic heterocycles. The Balaban J connectivity index is 2.13. The van der Waals surface area contributed by atoms with Gasteiger partial charge in [0.2, 0.25) is 5.91 Å². The number of carbonyl (C=O) groups excluding carboxylic acids is 1. The van der Waals surface area contributed by atoms with Crippen LogP contribution >= 0.6 is 11.8 Å². The summed E-state index contributed by atoms with van der Waals surface area (Å²) in [5.41, 5.74) is 0. The summed E-state index contributed by atoms with van der Waals surface area (Å²) in [7, 11) is 1.94. The maximum absolute atomic E-state index is 11.6. The molecule has 0 aromatic carbocycles. The Morgan fingerprint density at radius 2 is 2.36 bits per heavy atom. The van der Waals surface area contributed by atoms with Gasteiger partial charge in [-0.15, -0.1) is 0 Å². The Morgan fingerprint density at radius 1 is 1.57 bits per heavy atom. The van der Waals surface area contributed by atoms with Crippen LogP contribution in [0.1, 0.15) is 13.3 Å². The summed E-state index contributed by atoms with van der Waals surface area (Å²) >= 11 is 1.88. The topological polar surface area (TPSA) is 41.1 Å². The lowest BCUT2D eigenvalue weighted by molar-refractivity contribution is -0.124. The molecule has 1 heterocycles. The van der Waals surface area contributed by atoms with E-state index in [4.69, 9.17) is 0 Å². The highest BCUT2D eigenvalue weighted by Gasteiger charge is 2.22. The van der Waals surface area contributed by atoms with Crippen molar-refractivity contribution in [3.63, 3.8) is 0 Å². The number of nitrogens with one attached hydrogen (secondary N) is 2. The Kier molecular flexibility index (Phi) is 5.33. The number of hydrogen-bond donors (Lipinski definition) is 2. The molecule has 0 spiro atoms. The van der Waals surface area contributed by atoms with E-state index < -0.39 is 0 Å². The quantitative estimate of drug-likeness (QED) is 0.711. The minimum atomic E-state index is 0.248. The number of rotatable bonds is 5. The van der Waals surface area contributed by atoms with Gasteiger partial charge < -0.3 is 10.6 Å². The fourth-order valence-corrected chi connectivity index (χ4v) is 2.80. The maximum atomic E-state index is 11.6. The smallest absolute Gasteiger partial charge is 0.223 e. The largest absolute Gasteiger partial charge is 0.356 e. The van der Waals surface area contributed by atoms with Crippen molar-refractivity contribution in [2.24, 2.45) is 11.8 Å². The molecule has 0 aromatic rings. The first kappa shape index (κ1) is 11.9. The van der Waals surface area contributed by atoms with Crippen LogP contribution in [-0.4, -0.2) is 37.6 Å². The molecule has 82 valence electrons. The van der Waals surface area contributed by atoms with Gasteiger partial charge in [0, 0.05) is 18.2 Å². The maximum Gasteiger partial charge on any atom is 0.223 e. The van der Waals surface area contributed by atoms with Crippen molar-refractivity contribution in [2.75, 3.05) is 31.6 Å². The molecular formula is C10H20N2OS. The predicted molar refractivity (Wildman–Crippen MR) is 61.5 cm³/mol. The van der Waals surface area contributed by atoms with Gasteiger partial charge in [-0.3, -0.25) is 4.79 Å². The molecule has 0 aliphatic carbocycles. The molecule has 1 aliphatic heterocycles. The molecule has 3 nitrogen and oxygen atoms in total. The van der Waals surface area contributed by atoms with Crippen LogP contribution in [0.15, 0.2) is 0 Å². The van der Waals surface area contributed by atoms with Crippen molar-refractivity contribution >= 4 is 17.7 Å². The van der Waals surface area contributed by atoms with Gasteiger partial charge >= 0.3 is 0 Å². The Morgan fingerprint density at radius 3 is 2.93 bits per heavy atom. The van der Waals surface area contributed by atoms with Crippen LogP contribution in [0.5, 0.6) is 0 Å². The van der Waals surface area contributed by atoms with E-state index in [0.29, 0.717) is 5.92 Å². The molecular weight excluding hydrogens is 196 g/mol. The van der Waals surface area contributed by atoms with Crippen LogP contribution in [-0.2, 0) is 4.79 Å². The molecule has 2 unspecified atom stereocenters. The van der Waals surface area contributed by atoms with E-state index in [0.717, 1.165) is 31.0 Å². The third-order valence-electron chi connectivity index (χ3n) is 2.48. The highest BCUT2D eigenvalue weighted by molar-refractivity contribution is 7.99. The third kappa shape index (κ3) is 3.88. The average molecular weight is 216 g/mol. The van der Waals surface area contributed by atoms with E-state index in [1.54, 1.807) is 0 Å². The lowest BCUT2D eigenvalue weighted by atomic mass is 10.1. The third-order valence-corrected chi connectivity index (χ3v) is 3.64. The monoisotopic (exact) mass is 216 g/mol. The number of amides is 1. The first-order valence-corrected chi connectivity index (χ1v) is 6.39. The van der Waals surface area contributed by atoms with Gasteiger partial charge in [-0.05, 0) is 31.7 Å². The number of hydrogen-bond acceptors (Lipinski definition) is 3. The lowest BCUT2D eigenvalue weighted by Gasteiger charge is -2.14. The molecule has 1 aliphatic rings. The molecule has 2 N–H and O–H groups in total. The second kappa shape index (κ2) is 6.30. The Labute approximate surface area is 90.4 Å².